The van der Waals surface area contributed by atoms with E-state index in [1.807, 2.05) is 9.80 Å². The van der Waals surface area contributed by atoms with Gasteiger partial charge < -0.3 is 10.0 Å². The lowest BCUT2D eigenvalue weighted by molar-refractivity contribution is -0.144. The van der Waals surface area contributed by atoms with Crippen molar-refractivity contribution in [2.24, 2.45) is 11.3 Å². The smallest absolute Gasteiger partial charge is 0.320 e. The molecule has 1 heterocycles. The van der Waals surface area contributed by atoms with Crippen LogP contribution in [-0.4, -0.2) is 59.0 Å². The van der Waals surface area contributed by atoms with E-state index in [1.165, 1.54) is 0 Å². The molecule has 5 nitrogen and oxygen atoms in total. The first-order valence-electron chi connectivity index (χ1n) is 7.85. The molecule has 21 heavy (non-hydrogen) atoms. The highest BCUT2D eigenvalue weighted by Crippen LogP contribution is 2.26. The second kappa shape index (κ2) is 7.25. The summed E-state index contributed by atoms with van der Waals surface area (Å²) in [7, 11) is 0. The van der Waals surface area contributed by atoms with Gasteiger partial charge in [0.05, 0.1) is 0 Å². The summed E-state index contributed by atoms with van der Waals surface area (Å²) in [6.07, 6.45) is 1.63. The van der Waals surface area contributed by atoms with Gasteiger partial charge in [-0.15, -0.1) is 0 Å². The maximum atomic E-state index is 12.3. The minimum absolute atomic E-state index is 0.203. The van der Waals surface area contributed by atoms with Gasteiger partial charge in [-0.3, -0.25) is 14.5 Å². The van der Waals surface area contributed by atoms with E-state index in [0.717, 1.165) is 6.42 Å². The van der Waals surface area contributed by atoms with Crippen LogP contribution in [0.25, 0.3) is 0 Å². The summed E-state index contributed by atoms with van der Waals surface area (Å²) in [4.78, 5) is 27.1. The summed E-state index contributed by atoms with van der Waals surface area (Å²) in [5, 5.41) is 9.01. The average molecular weight is 298 g/mol. The number of piperazine rings is 1. The first kappa shape index (κ1) is 18.0. The van der Waals surface area contributed by atoms with Gasteiger partial charge in [-0.1, -0.05) is 27.7 Å². The van der Waals surface area contributed by atoms with E-state index < -0.39 is 12.0 Å². The van der Waals surface area contributed by atoms with Crippen molar-refractivity contribution in [2.45, 2.75) is 53.5 Å². The second-order valence-electron chi connectivity index (χ2n) is 7.51. The molecule has 1 rings (SSSR count). The van der Waals surface area contributed by atoms with Gasteiger partial charge in [-0.05, 0) is 24.7 Å². The number of hydrogen-bond donors (Lipinski definition) is 1. The van der Waals surface area contributed by atoms with Gasteiger partial charge >= 0.3 is 5.97 Å². The Morgan fingerprint density at radius 2 is 1.62 bits per heavy atom. The van der Waals surface area contributed by atoms with Crippen LogP contribution < -0.4 is 0 Å². The van der Waals surface area contributed by atoms with Crippen molar-refractivity contribution in [3.8, 4) is 0 Å². The van der Waals surface area contributed by atoms with Gasteiger partial charge in [0, 0.05) is 32.6 Å². The summed E-state index contributed by atoms with van der Waals surface area (Å²) in [5.41, 5.74) is 0.245. The first-order chi connectivity index (χ1) is 9.60. The zero-order chi connectivity index (χ0) is 16.2. The quantitative estimate of drug-likeness (QED) is 0.844. The van der Waals surface area contributed by atoms with Gasteiger partial charge in [-0.25, -0.2) is 0 Å². The van der Waals surface area contributed by atoms with Crippen LogP contribution in [0.4, 0.5) is 0 Å². The van der Waals surface area contributed by atoms with Crippen LogP contribution in [0.2, 0.25) is 0 Å². The Bertz CT molecular complexity index is 368. The molecule has 1 fully saturated rings. The summed E-state index contributed by atoms with van der Waals surface area (Å²) >= 11 is 0. The van der Waals surface area contributed by atoms with E-state index in [4.69, 9.17) is 5.11 Å². The van der Waals surface area contributed by atoms with Gasteiger partial charge in [0.25, 0.3) is 0 Å². The zero-order valence-electron chi connectivity index (χ0n) is 14.1. The molecule has 0 bridgehead atoms. The van der Waals surface area contributed by atoms with Crippen LogP contribution in [0.5, 0.6) is 0 Å². The van der Waals surface area contributed by atoms with Crippen molar-refractivity contribution >= 4 is 11.9 Å². The normalized spacial score (nSPS) is 20.1. The number of carboxylic acids is 1. The van der Waals surface area contributed by atoms with Crippen molar-refractivity contribution in [1.29, 1.82) is 0 Å². The van der Waals surface area contributed by atoms with Crippen molar-refractivity contribution < 1.29 is 14.7 Å². The fraction of sp³-hybridized carbons (Fsp3) is 0.875. The molecule has 0 radical (unpaired) electrons. The first-order valence-corrected chi connectivity index (χ1v) is 7.85. The van der Waals surface area contributed by atoms with Crippen LogP contribution in [0.3, 0.4) is 0 Å². The van der Waals surface area contributed by atoms with Crippen LogP contribution in [0.1, 0.15) is 47.5 Å². The predicted molar refractivity (Wildman–Crippen MR) is 83.1 cm³/mol. The molecule has 2 atom stereocenters. The standard InChI is InChI=1S/C16H30N2O3/c1-12(11-16(3,4)5)10-14(19)18-8-6-17(7-9-18)13(2)15(20)21/h12-13H,6-11H2,1-5H3,(H,20,21). The van der Waals surface area contributed by atoms with E-state index >= 15 is 0 Å². The Morgan fingerprint density at radius 3 is 2.05 bits per heavy atom. The maximum Gasteiger partial charge on any atom is 0.320 e. The molecule has 0 saturated carbocycles. The van der Waals surface area contributed by atoms with Crippen molar-refractivity contribution in [1.82, 2.24) is 9.80 Å². The van der Waals surface area contributed by atoms with E-state index in [1.54, 1.807) is 6.92 Å². The molecular weight excluding hydrogens is 268 g/mol. The van der Waals surface area contributed by atoms with Crippen LogP contribution >= 0.6 is 0 Å². The molecule has 0 spiro atoms. The number of carbonyl (C=O) groups is 2. The monoisotopic (exact) mass is 298 g/mol. The lowest BCUT2D eigenvalue weighted by Crippen LogP contribution is -2.53. The molecule has 1 amide bonds. The van der Waals surface area contributed by atoms with E-state index in [0.29, 0.717) is 38.5 Å². The molecule has 0 aliphatic carbocycles. The predicted octanol–water partition coefficient (Wildman–Crippen LogP) is 2.07. The highest BCUT2D eigenvalue weighted by atomic mass is 16.4. The number of aliphatic carboxylic acids is 1. The molecule has 122 valence electrons. The van der Waals surface area contributed by atoms with Gasteiger partial charge in [0.1, 0.15) is 6.04 Å². The molecule has 2 unspecified atom stereocenters. The molecule has 1 aliphatic rings. The summed E-state index contributed by atoms with van der Waals surface area (Å²) in [5.74, 6) is -0.212. The number of hydrogen-bond acceptors (Lipinski definition) is 3. The summed E-state index contributed by atoms with van der Waals surface area (Å²) in [6.45, 7) is 13.0. The lowest BCUT2D eigenvalue weighted by Gasteiger charge is -2.37. The SMILES string of the molecule is CC(CC(=O)N1CCN(C(C)C(=O)O)CC1)CC(C)(C)C. The number of carbonyl (C=O) groups excluding carboxylic acids is 1. The number of rotatable bonds is 5. The fourth-order valence-corrected chi connectivity index (χ4v) is 3.06. The Hall–Kier alpha value is -1.10. The zero-order valence-corrected chi connectivity index (χ0v) is 14.1. The Kier molecular flexibility index (Phi) is 6.20. The van der Waals surface area contributed by atoms with E-state index in [2.05, 4.69) is 27.7 Å². The minimum Gasteiger partial charge on any atom is -0.480 e. The second-order valence-corrected chi connectivity index (χ2v) is 7.51. The number of carboxylic acid groups (broad SMARTS) is 1. The molecule has 5 heteroatoms. The Balaban J connectivity index is 2.40. The van der Waals surface area contributed by atoms with Gasteiger partial charge in [-0.2, -0.15) is 0 Å². The number of nitrogens with zero attached hydrogens (tertiary/aromatic N) is 2. The molecule has 0 aromatic carbocycles. The van der Waals surface area contributed by atoms with Crippen molar-refractivity contribution in [2.75, 3.05) is 26.2 Å². The van der Waals surface area contributed by atoms with Gasteiger partial charge in [0.2, 0.25) is 5.91 Å². The minimum atomic E-state index is -0.798. The van der Waals surface area contributed by atoms with Crippen molar-refractivity contribution in [3.63, 3.8) is 0 Å². The fourth-order valence-electron chi connectivity index (χ4n) is 3.06. The Morgan fingerprint density at radius 1 is 1.10 bits per heavy atom. The summed E-state index contributed by atoms with van der Waals surface area (Å²) < 4.78 is 0. The van der Waals surface area contributed by atoms with Gasteiger partial charge in [0.15, 0.2) is 0 Å². The van der Waals surface area contributed by atoms with E-state index in [-0.39, 0.29) is 11.3 Å². The van der Waals surface area contributed by atoms with Crippen molar-refractivity contribution in [3.05, 3.63) is 0 Å². The highest BCUT2D eigenvalue weighted by molar-refractivity contribution is 5.76. The molecule has 0 aromatic heterocycles. The number of amides is 1. The molecule has 1 N–H and O–H groups in total. The van der Waals surface area contributed by atoms with Crippen LogP contribution in [0, 0.1) is 11.3 Å². The van der Waals surface area contributed by atoms with Crippen LogP contribution in [0.15, 0.2) is 0 Å². The average Bonchev–Trinajstić information content (AvgIpc) is 2.35. The molecule has 1 aliphatic heterocycles. The Labute approximate surface area is 128 Å². The lowest BCUT2D eigenvalue weighted by atomic mass is 9.84. The molecular formula is C16H30N2O3. The van der Waals surface area contributed by atoms with E-state index in [9.17, 15) is 9.59 Å². The maximum absolute atomic E-state index is 12.3. The third kappa shape index (κ3) is 6.04. The topological polar surface area (TPSA) is 60.9 Å². The third-order valence-electron chi connectivity index (χ3n) is 4.06. The molecule has 1 saturated heterocycles. The highest BCUT2D eigenvalue weighted by Gasteiger charge is 2.28. The third-order valence-corrected chi connectivity index (χ3v) is 4.06. The summed E-state index contributed by atoms with van der Waals surface area (Å²) in [6, 6.07) is -0.470. The largest absolute Gasteiger partial charge is 0.480 e. The molecule has 0 aromatic rings. The van der Waals surface area contributed by atoms with Crippen LogP contribution in [-0.2, 0) is 9.59 Å².